The van der Waals surface area contributed by atoms with Gasteiger partial charge in [-0.3, -0.25) is 4.79 Å². The summed E-state index contributed by atoms with van der Waals surface area (Å²) in [5.74, 6) is 4.44. The van der Waals surface area contributed by atoms with Crippen LogP contribution in [0.2, 0.25) is 15.1 Å². The van der Waals surface area contributed by atoms with Crippen LogP contribution in [0.1, 0.15) is 17.3 Å². The standard InChI is InChI=1S/C10H5Cl3O/c1-2-3-9(14)10-7(12)4-6(11)5-8(10)13/h4-5H,1H3. The van der Waals surface area contributed by atoms with Gasteiger partial charge in [-0.15, -0.1) is 0 Å². The van der Waals surface area contributed by atoms with Crippen molar-refractivity contribution in [3.63, 3.8) is 0 Å². The lowest BCUT2D eigenvalue weighted by molar-refractivity contribution is 0.105. The molecule has 0 aliphatic rings. The fourth-order valence-corrected chi connectivity index (χ4v) is 1.92. The molecule has 0 aromatic heterocycles. The molecule has 0 saturated heterocycles. The molecule has 0 unspecified atom stereocenters. The van der Waals surface area contributed by atoms with E-state index < -0.39 is 5.78 Å². The Morgan fingerprint density at radius 1 is 1.21 bits per heavy atom. The van der Waals surface area contributed by atoms with E-state index in [1.807, 2.05) is 0 Å². The van der Waals surface area contributed by atoms with E-state index in [9.17, 15) is 4.79 Å². The van der Waals surface area contributed by atoms with E-state index in [1.54, 1.807) is 6.92 Å². The number of halogens is 3. The molecule has 0 atom stereocenters. The van der Waals surface area contributed by atoms with Crippen molar-refractivity contribution in [1.29, 1.82) is 0 Å². The smallest absolute Gasteiger partial charge is 0.238 e. The minimum atomic E-state index is -0.404. The third kappa shape index (κ3) is 2.42. The fourth-order valence-electron chi connectivity index (χ4n) is 0.935. The van der Waals surface area contributed by atoms with Crippen LogP contribution in [0.15, 0.2) is 12.1 Å². The zero-order chi connectivity index (χ0) is 10.7. The maximum atomic E-state index is 11.4. The lowest BCUT2D eigenvalue weighted by atomic mass is 10.1. The molecule has 72 valence electrons. The number of Topliss-reactive ketones (excluding diaryl/α,β-unsaturated/α-hetero) is 1. The Morgan fingerprint density at radius 3 is 2.14 bits per heavy atom. The molecule has 0 aliphatic carbocycles. The Hall–Kier alpha value is -0.680. The predicted molar refractivity (Wildman–Crippen MR) is 59.3 cm³/mol. The van der Waals surface area contributed by atoms with Gasteiger partial charge >= 0.3 is 0 Å². The molecule has 1 rings (SSSR count). The van der Waals surface area contributed by atoms with Crippen LogP contribution < -0.4 is 0 Å². The normalized spacial score (nSPS) is 9.14. The SMILES string of the molecule is CC#CC(=O)c1c(Cl)cc(Cl)cc1Cl. The second-order valence-electron chi connectivity index (χ2n) is 2.45. The topological polar surface area (TPSA) is 17.1 Å². The van der Waals surface area contributed by atoms with E-state index in [0.717, 1.165) is 0 Å². The van der Waals surface area contributed by atoms with Crippen LogP contribution in [-0.2, 0) is 0 Å². The highest BCUT2D eigenvalue weighted by Gasteiger charge is 2.13. The maximum absolute atomic E-state index is 11.4. The molecule has 0 bridgehead atoms. The van der Waals surface area contributed by atoms with Crippen molar-refractivity contribution < 1.29 is 4.79 Å². The highest BCUT2D eigenvalue weighted by atomic mass is 35.5. The maximum Gasteiger partial charge on any atom is 0.238 e. The third-order valence-electron chi connectivity index (χ3n) is 1.47. The lowest BCUT2D eigenvalue weighted by Gasteiger charge is -2.02. The van der Waals surface area contributed by atoms with Gasteiger partial charge in [-0.1, -0.05) is 40.7 Å². The van der Waals surface area contributed by atoms with Gasteiger partial charge in [0.15, 0.2) is 0 Å². The lowest BCUT2D eigenvalue weighted by Crippen LogP contribution is -1.97. The Labute approximate surface area is 97.0 Å². The molecular formula is C10H5Cl3O. The van der Waals surface area contributed by atoms with Gasteiger partial charge in [0.25, 0.3) is 0 Å². The summed E-state index contributed by atoms with van der Waals surface area (Å²) in [6.45, 7) is 1.57. The molecule has 0 heterocycles. The van der Waals surface area contributed by atoms with Gasteiger partial charge in [-0.25, -0.2) is 0 Å². The van der Waals surface area contributed by atoms with Crippen molar-refractivity contribution in [2.45, 2.75) is 6.92 Å². The van der Waals surface area contributed by atoms with Gasteiger partial charge in [0.05, 0.1) is 15.6 Å². The molecule has 1 nitrogen and oxygen atoms in total. The van der Waals surface area contributed by atoms with E-state index in [1.165, 1.54) is 12.1 Å². The van der Waals surface area contributed by atoms with Crippen molar-refractivity contribution in [3.05, 3.63) is 32.8 Å². The summed E-state index contributed by atoms with van der Waals surface area (Å²) in [4.78, 5) is 11.4. The largest absolute Gasteiger partial charge is 0.279 e. The second kappa shape index (κ2) is 4.70. The summed E-state index contributed by atoms with van der Waals surface area (Å²) in [6, 6.07) is 2.92. The van der Waals surface area contributed by atoms with Crippen LogP contribution >= 0.6 is 34.8 Å². The first kappa shape index (κ1) is 11.4. The van der Waals surface area contributed by atoms with Crippen molar-refractivity contribution >= 4 is 40.6 Å². The molecule has 4 heteroatoms. The molecular weight excluding hydrogens is 242 g/mol. The van der Waals surface area contributed by atoms with Gasteiger partial charge < -0.3 is 0 Å². The molecule has 0 radical (unpaired) electrons. The molecule has 0 aliphatic heterocycles. The minimum absolute atomic E-state index is 0.201. The summed E-state index contributed by atoms with van der Waals surface area (Å²) >= 11 is 17.3. The Kier molecular flexibility index (Phi) is 3.83. The number of hydrogen-bond acceptors (Lipinski definition) is 1. The average molecular weight is 248 g/mol. The van der Waals surface area contributed by atoms with Gasteiger partial charge in [0.1, 0.15) is 0 Å². The Morgan fingerprint density at radius 2 is 1.71 bits per heavy atom. The Balaban J connectivity index is 3.32. The number of carbonyl (C=O) groups excluding carboxylic acids is 1. The van der Waals surface area contributed by atoms with Crippen molar-refractivity contribution in [2.24, 2.45) is 0 Å². The van der Waals surface area contributed by atoms with Gasteiger partial charge in [-0.05, 0) is 25.0 Å². The van der Waals surface area contributed by atoms with Crippen LogP contribution in [0.5, 0.6) is 0 Å². The highest BCUT2D eigenvalue weighted by molar-refractivity contribution is 6.43. The average Bonchev–Trinajstić information content (AvgIpc) is 2.01. The first-order valence-electron chi connectivity index (χ1n) is 3.68. The predicted octanol–water partition coefficient (Wildman–Crippen LogP) is 3.85. The molecule has 0 amide bonds. The molecule has 0 saturated carbocycles. The van der Waals surface area contributed by atoms with E-state index >= 15 is 0 Å². The zero-order valence-corrected chi connectivity index (χ0v) is 9.46. The van der Waals surface area contributed by atoms with E-state index in [4.69, 9.17) is 34.8 Å². The molecule has 1 aromatic carbocycles. The fraction of sp³-hybridized carbons (Fsp3) is 0.100. The highest BCUT2D eigenvalue weighted by Crippen LogP contribution is 2.29. The van der Waals surface area contributed by atoms with Crippen molar-refractivity contribution in [3.8, 4) is 11.8 Å². The molecule has 1 aromatic rings. The Bertz CT molecular complexity index is 417. The van der Waals surface area contributed by atoms with Crippen LogP contribution in [0.4, 0.5) is 0 Å². The van der Waals surface area contributed by atoms with E-state index in [2.05, 4.69) is 11.8 Å². The summed E-state index contributed by atoms with van der Waals surface area (Å²) in [5, 5.41) is 0.825. The second-order valence-corrected chi connectivity index (χ2v) is 3.70. The van der Waals surface area contributed by atoms with E-state index in [-0.39, 0.29) is 15.6 Å². The number of rotatable bonds is 1. The summed E-state index contributed by atoms with van der Waals surface area (Å²) in [7, 11) is 0. The van der Waals surface area contributed by atoms with Crippen molar-refractivity contribution in [1.82, 2.24) is 0 Å². The summed E-state index contributed by atoms with van der Waals surface area (Å²) in [6.07, 6.45) is 0. The van der Waals surface area contributed by atoms with Crippen molar-refractivity contribution in [2.75, 3.05) is 0 Å². The van der Waals surface area contributed by atoms with Gasteiger partial charge in [0, 0.05) is 5.02 Å². The van der Waals surface area contributed by atoms with Crippen LogP contribution in [0.3, 0.4) is 0 Å². The van der Waals surface area contributed by atoms with Crippen LogP contribution in [0, 0.1) is 11.8 Å². The van der Waals surface area contributed by atoms with Crippen LogP contribution in [-0.4, -0.2) is 5.78 Å². The zero-order valence-electron chi connectivity index (χ0n) is 7.20. The number of hydrogen-bond donors (Lipinski definition) is 0. The first-order valence-corrected chi connectivity index (χ1v) is 4.81. The number of benzene rings is 1. The van der Waals surface area contributed by atoms with E-state index in [0.29, 0.717) is 5.02 Å². The monoisotopic (exact) mass is 246 g/mol. The van der Waals surface area contributed by atoms with Gasteiger partial charge in [-0.2, -0.15) is 0 Å². The first-order chi connectivity index (χ1) is 6.56. The summed E-state index contributed by atoms with van der Waals surface area (Å²) < 4.78 is 0. The third-order valence-corrected chi connectivity index (χ3v) is 2.29. The minimum Gasteiger partial charge on any atom is -0.279 e. The molecule has 0 spiro atoms. The number of carbonyl (C=O) groups is 1. The molecule has 0 N–H and O–H groups in total. The summed E-state index contributed by atoms with van der Waals surface area (Å²) in [5.41, 5.74) is 0.201. The van der Waals surface area contributed by atoms with Gasteiger partial charge in [0.2, 0.25) is 5.78 Å². The molecule has 14 heavy (non-hydrogen) atoms. The van der Waals surface area contributed by atoms with Crippen LogP contribution in [0.25, 0.3) is 0 Å². The molecule has 0 fully saturated rings. The quantitative estimate of drug-likeness (QED) is 0.418. The number of ketones is 1.